The van der Waals surface area contributed by atoms with Crippen molar-refractivity contribution >= 4 is 17.6 Å². The summed E-state index contributed by atoms with van der Waals surface area (Å²) in [5, 5.41) is 13.7. The van der Waals surface area contributed by atoms with Crippen LogP contribution in [0.2, 0.25) is 0 Å². The van der Waals surface area contributed by atoms with E-state index in [4.69, 9.17) is 4.74 Å². The Morgan fingerprint density at radius 3 is 2.68 bits per heavy atom. The molecular formula is C21H20N2O5. The molecule has 7 heteroatoms. The van der Waals surface area contributed by atoms with Crippen molar-refractivity contribution in [3.8, 4) is 0 Å². The zero-order chi connectivity index (χ0) is 20.1. The van der Waals surface area contributed by atoms with E-state index < -0.39 is 16.8 Å². The summed E-state index contributed by atoms with van der Waals surface area (Å²) in [6.45, 7) is 1.84. The summed E-state index contributed by atoms with van der Waals surface area (Å²) in [6.07, 6.45) is 0.606. The Bertz CT molecular complexity index is 937. The van der Waals surface area contributed by atoms with Crippen molar-refractivity contribution in [3.63, 3.8) is 0 Å². The predicted octanol–water partition coefficient (Wildman–Crippen LogP) is 3.26. The Labute approximate surface area is 162 Å². The lowest BCUT2D eigenvalue weighted by atomic mass is 9.84. The van der Waals surface area contributed by atoms with Crippen molar-refractivity contribution in [2.75, 3.05) is 6.61 Å². The van der Waals surface area contributed by atoms with Gasteiger partial charge in [0, 0.05) is 36.6 Å². The van der Waals surface area contributed by atoms with E-state index in [1.165, 1.54) is 12.1 Å². The SMILES string of the molecule is CC1=C(C(=O)OCCc2ccccc2)C(c2cccc([N+](=O)[O-])c2)CC(=O)N1. The number of ether oxygens (including phenoxy) is 1. The van der Waals surface area contributed by atoms with Gasteiger partial charge in [0.25, 0.3) is 5.69 Å². The molecule has 0 bridgehead atoms. The molecule has 1 amide bonds. The summed E-state index contributed by atoms with van der Waals surface area (Å²) in [7, 11) is 0. The van der Waals surface area contributed by atoms with Crippen LogP contribution in [-0.4, -0.2) is 23.4 Å². The number of carbonyl (C=O) groups is 2. The van der Waals surface area contributed by atoms with Gasteiger partial charge in [-0.25, -0.2) is 4.79 Å². The first kappa shape index (κ1) is 19.3. The van der Waals surface area contributed by atoms with Crippen molar-refractivity contribution < 1.29 is 19.2 Å². The molecule has 1 heterocycles. The second-order valence-electron chi connectivity index (χ2n) is 6.57. The lowest BCUT2D eigenvalue weighted by molar-refractivity contribution is -0.384. The highest BCUT2D eigenvalue weighted by molar-refractivity contribution is 5.95. The molecule has 144 valence electrons. The zero-order valence-electron chi connectivity index (χ0n) is 15.4. The molecule has 0 saturated carbocycles. The molecule has 0 aliphatic carbocycles. The van der Waals surface area contributed by atoms with Gasteiger partial charge < -0.3 is 10.1 Å². The first-order valence-corrected chi connectivity index (χ1v) is 8.91. The molecule has 1 aliphatic heterocycles. The third-order valence-corrected chi connectivity index (χ3v) is 4.64. The van der Waals surface area contributed by atoms with E-state index in [0.29, 0.717) is 23.3 Å². The molecule has 0 aromatic heterocycles. The predicted molar refractivity (Wildman–Crippen MR) is 102 cm³/mol. The molecule has 1 atom stereocenters. The number of non-ortho nitro benzene ring substituents is 1. The third kappa shape index (κ3) is 4.43. The van der Waals surface area contributed by atoms with Crippen molar-refractivity contribution in [1.29, 1.82) is 0 Å². The summed E-state index contributed by atoms with van der Waals surface area (Å²) in [5.74, 6) is -1.35. The van der Waals surface area contributed by atoms with Gasteiger partial charge in [-0.2, -0.15) is 0 Å². The highest BCUT2D eigenvalue weighted by Crippen LogP contribution is 2.34. The summed E-state index contributed by atoms with van der Waals surface area (Å²) in [6, 6.07) is 15.6. The van der Waals surface area contributed by atoms with Gasteiger partial charge in [0.1, 0.15) is 0 Å². The van der Waals surface area contributed by atoms with E-state index in [1.54, 1.807) is 19.1 Å². The highest BCUT2D eigenvalue weighted by atomic mass is 16.6. The van der Waals surface area contributed by atoms with Crippen molar-refractivity contribution in [1.82, 2.24) is 5.32 Å². The van der Waals surface area contributed by atoms with Gasteiger partial charge in [-0.3, -0.25) is 14.9 Å². The van der Waals surface area contributed by atoms with E-state index >= 15 is 0 Å². The van der Waals surface area contributed by atoms with Crippen LogP contribution in [0.4, 0.5) is 5.69 Å². The molecule has 1 aliphatic rings. The fourth-order valence-electron chi connectivity index (χ4n) is 3.30. The molecule has 1 N–H and O–H groups in total. The standard InChI is InChI=1S/C21H20N2O5/c1-14-20(21(25)28-11-10-15-6-3-2-4-7-15)18(13-19(24)22-14)16-8-5-9-17(12-16)23(26)27/h2-9,12,18H,10-11,13H2,1H3,(H,22,24). The van der Waals surface area contributed by atoms with Gasteiger partial charge in [-0.15, -0.1) is 0 Å². The number of benzene rings is 2. The maximum absolute atomic E-state index is 12.7. The number of allylic oxidation sites excluding steroid dienone is 1. The molecular weight excluding hydrogens is 360 g/mol. The highest BCUT2D eigenvalue weighted by Gasteiger charge is 2.33. The van der Waals surface area contributed by atoms with Crippen LogP contribution >= 0.6 is 0 Å². The zero-order valence-corrected chi connectivity index (χ0v) is 15.4. The van der Waals surface area contributed by atoms with Gasteiger partial charge in [0.2, 0.25) is 5.91 Å². The first-order chi connectivity index (χ1) is 13.5. The Morgan fingerprint density at radius 1 is 1.21 bits per heavy atom. The summed E-state index contributed by atoms with van der Waals surface area (Å²) >= 11 is 0. The van der Waals surface area contributed by atoms with E-state index in [0.717, 1.165) is 5.56 Å². The number of nitro groups is 1. The average Bonchev–Trinajstić information content (AvgIpc) is 2.68. The van der Waals surface area contributed by atoms with Gasteiger partial charge >= 0.3 is 5.97 Å². The number of hydrogen-bond acceptors (Lipinski definition) is 5. The van der Waals surface area contributed by atoms with Crippen LogP contribution < -0.4 is 5.32 Å². The Balaban J connectivity index is 1.80. The normalized spacial score (nSPS) is 16.5. The van der Waals surface area contributed by atoms with E-state index in [9.17, 15) is 19.7 Å². The van der Waals surface area contributed by atoms with E-state index in [1.807, 2.05) is 30.3 Å². The van der Waals surface area contributed by atoms with Crippen LogP contribution in [-0.2, 0) is 20.7 Å². The minimum absolute atomic E-state index is 0.0294. The maximum atomic E-state index is 12.7. The van der Waals surface area contributed by atoms with Crippen LogP contribution in [0, 0.1) is 10.1 Å². The van der Waals surface area contributed by atoms with Crippen LogP contribution in [0.3, 0.4) is 0 Å². The van der Waals surface area contributed by atoms with Crippen LogP contribution in [0.1, 0.15) is 30.4 Å². The fourth-order valence-corrected chi connectivity index (χ4v) is 3.30. The number of hydrogen-bond donors (Lipinski definition) is 1. The Kier molecular flexibility index (Phi) is 5.84. The molecule has 1 unspecified atom stereocenters. The quantitative estimate of drug-likeness (QED) is 0.471. The van der Waals surface area contributed by atoms with Crippen molar-refractivity contribution in [2.24, 2.45) is 0 Å². The number of nitrogens with one attached hydrogen (secondary N) is 1. The van der Waals surface area contributed by atoms with E-state index in [-0.39, 0.29) is 24.6 Å². The first-order valence-electron chi connectivity index (χ1n) is 8.91. The molecule has 2 aromatic carbocycles. The lowest BCUT2D eigenvalue weighted by Crippen LogP contribution is -2.34. The molecule has 3 rings (SSSR count). The summed E-state index contributed by atoms with van der Waals surface area (Å²) < 4.78 is 5.44. The van der Waals surface area contributed by atoms with Gasteiger partial charge in [-0.05, 0) is 18.1 Å². The number of nitrogens with zero attached hydrogens (tertiary/aromatic N) is 1. The van der Waals surface area contributed by atoms with Gasteiger partial charge in [0.15, 0.2) is 0 Å². The second-order valence-corrected chi connectivity index (χ2v) is 6.57. The van der Waals surface area contributed by atoms with Crippen LogP contribution in [0.15, 0.2) is 65.9 Å². The molecule has 7 nitrogen and oxygen atoms in total. The Morgan fingerprint density at radius 2 is 1.96 bits per heavy atom. The van der Waals surface area contributed by atoms with Crippen LogP contribution in [0.5, 0.6) is 0 Å². The minimum atomic E-state index is -0.585. The number of esters is 1. The molecule has 0 saturated heterocycles. The van der Waals surface area contributed by atoms with Gasteiger partial charge in [-0.1, -0.05) is 42.5 Å². The second kappa shape index (κ2) is 8.47. The van der Waals surface area contributed by atoms with Crippen LogP contribution in [0.25, 0.3) is 0 Å². The summed E-state index contributed by atoms with van der Waals surface area (Å²) in [5.41, 5.74) is 2.25. The largest absolute Gasteiger partial charge is 0.462 e. The number of rotatable bonds is 6. The number of amides is 1. The smallest absolute Gasteiger partial charge is 0.336 e. The number of nitro benzene ring substituents is 1. The average molecular weight is 380 g/mol. The molecule has 0 spiro atoms. The van der Waals surface area contributed by atoms with Gasteiger partial charge in [0.05, 0.1) is 17.1 Å². The molecule has 2 aromatic rings. The van der Waals surface area contributed by atoms with E-state index in [2.05, 4.69) is 5.32 Å². The monoisotopic (exact) mass is 380 g/mol. The summed E-state index contributed by atoms with van der Waals surface area (Å²) in [4.78, 5) is 35.3. The lowest BCUT2D eigenvalue weighted by Gasteiger charge is -2.26. The topological polar surface area (TPSA) is 98.5 Å². The molecule has 0 radical (unpaired) electrons. The van der Waals surface area contributed by atoms with Crippen molar-refractivity contribution in [3.05, 3.63) is 87.1 Å². The molecule has 0 fully saturated rings. The third-order valence-electron chi connectivity index (χ3n) is 4.64. The minimum Gasteiger partial charge on any atom is -0.462 e. The number of carbonyl (C=O) groups excluding carboxylic acids is 2. The Hall–Kier alpha value is -3.48. The van der Waals surface area contributed by atoms with Crippen molar-refractivity contribution in [2.45, 2.75) is 25.7 Å². The fraction of sp³-hybridized carbons (Fsp3) is 0.238. The maximum Gasteiger partial charge on any atom is 0.336 e. The molecule has 28 heavy (non-hydrogen) atoms.